The fourth-order valence-electron chi connectivity index (χ4n) is 1.82. The lowest BCUT2D eigenvalue weighted by molar-refractivity contribution is 0.574. The van der Waals surface area contributed by atoms with E-state index in [4.69, 9.17) is 5.84 Å². The number of rotatable bonds is 6. The topological polar surface area (TPSA) is 55.9 Å². The van der Waals surface area contributed by atoms with Crippen molar-refractivity contribution in [2.45, 2.75) is 13.0 Å². The first-order chi connectivity index (χ1) is 8.86. The molecule has 0 radical (unpaired) electrons. The van der Waals surface area contributed by atoms with E-state index < -0.39 is 0 Å². The van der Waals surface area contributed by atoms with E-state index >= 15 is 0 Å². The van der Waals surface area contributed by atoms with Crippen LogP contribution < -0.4 is 11.3 Å². The van der Waals surface area contributed by atoms with Gasteiger partial charge in [-0.3, -0.25) is 11.3 Å². The average molecular weight is 262 g/mol. The molecule has 0 amide bonds. The summed E-state index contributed by atoms with van der Waals surface area (Å²) in [7, 11) is 0. The van der Waals surface area contributed by atoms with Crippen LogP contribution in [0.15, 0.2) is 42.6 Å². The molecule has 0 aliphatic heterocycles. The van der Waals surface area contributed by atoms with Gasteiger partial charge in [-0.1, -0.05) is 25.1 Å². The molecule has 5 heteroatoms. The molecule has 0 fully saturated rings. The number of hydrogen-bond donors (Lipinski definition) is 2. The molecule has 2 aromatic rings. The van der Waals surface area contributed by atoms with E-state index in [1.54, 1.807) is 0 Å². The number of nitrogens with one attached hydrogen (secondary N) is 1. The zero-order valence-corrected chi connectivity index (χ0v) is 11.2. The molecule has 0 aliphatic carbocycles. The van der Waals surface area contributed by atoms with Gasteiger partial charge in [0, 0.05) is 11.9 Å². The minimum absolute atomic E-state index is 0.109. The lowest BCUT2D eigenvalue weighted by Crippen LogP contribution is -2.31. The number of benzene rings is 1. The Hall–Kier alpha value is -1.30. The van der Waals surface area contributed by atoms with Crippen LogP contribution in [0.2, 0.25) is 0 Å². The van der Waals surface area contributed by atoms with Crippen LogP contribution in [0.3, 0.4) is 0 Å². The van der Waals surface area contributed by atoms with Crippen LogP contribution in [0.4, 0.5) is 0 Å². The largest absolute Gasteiger partial charge is 0.271 e. The van der Waals surface area contributed by atoms with E-state index in [2.05, 4.69) is 17.4 Å². The molecule has 4 nitrogen and oxygen atoms in total. The number of nitrogens with zero attached hydrogens (tertiary/aromatic N) is 2. The number of hydrogen-bond acceptors (Lipinski definition) is 4. The highest BCUT2D eigenvalue weighted by molar-refractivity contribution is 7.99. The molecule has 0 spiro atoms. The highest BCUT2D eigenvalue weighted by Gasteiger charge is 2.15. The number of nitrogens with two attached hydrogens (primary N) is 1. The summed E-state index contributed by atoms with van der Waals surface area (Å²) in [6, 6.07) is 12.2. The van der Waals surface area contributed by atoms with Crippen molar-refractivity contribution in [2.75, 3.05) is 11.5 Å². The molecule has 2 rings (SSSR count). The van der Waals surface area contributed by atoms with Crippen LogP contribution >= 0.6 is 11.8 Å². The first kappa shape index (κ1) is 13.1. The summed E-state index contributed by atoms with van der Waals surface area (Å²) < 4.78 is 1.93. The third-order valence-corrected chi connectivity index (χ3v) is 3.70. The number of aromatic nitrogens is 2. The number of thioether (sulfide) groups is 1. The Balaban J connectivity index is 2.26. The Bertz CT molecular complexity index is 469. The molecule has 3 N–H and O–H groups in total. The molecule has 1 heterocycles. The van der Waals surface area contributed by atoms with Gasteiger partial charge in [-0.25, -0.2) is 4.68 Å². The van der Waals surface area contributed by atoms with Gasteiger partial charge in [-0.05, 0) is 24.0 Å². The highest BCUT2D eigenvalue weighted by Crippen LogP contribution is 2.20. The maximum Gasteiger partial charge on any atom is 0.0723 e. The average Bonchev–Trinajstić information content (AvgIpc) is 2.90. The fraction of sp³-hybridized carbons (Fsp3) is 0.308. The third kappa shape index (κ3) is 2.93. The van der Waals surface area contributed by atoms with E-state index in [1.807, 2.05) is 59.0 Å². The van der Waals surface area contributed by atoms with E-state index in [0.29, 0.717) is 0 Å². The third-order valence-electron chi connectivity index (χ3n) is 2.72. The van der Waals surface area contributed by atoms with Crippen LogP contribution in [-0.2, 0) is 0 Å². The SMILES string of the molecule is CCSCC(NN)c1ccnn1-c1ccccc1. The number of hydrazine groups is 1. The molecular weight excluding hydrogens is 244 g/mol. The summed E-state index contributed by atoms with van der Waals surface area (Å²) >= 11 is 1.86. The van der Waals surface area contributed by atoms with Crippen LogP contribution in [-0.4, -0.2) is 21.3 Å². The molecule has 0 bridgehead atoms. The van der Waals surface area contributed by atoms with Crippen molar-refractivity contribution in [2.24, 2.45) is 5.84 Å². The van der Waals surface area contributed by atoms with Gasteiger partial charge < -0.3 is 0 Å². The molecule has 0 saturated carbocycles. The highest BCUT2D eigenvalue weighted by atomic mass is 32.2. The standard InChI is InChI=1S/C13H18N4S/c1-2-18-10-12(16-14)13-8-9-15-17(13)11-6-4-3-5-7-11/h3-9,12,16H,2,10,14H2,1H3. The molecule has 1 unspecified atom stereocenters. The van der Waals surface area contributed by atoms with Gasteiger partial charge >= 0.3 is 0 Å². The molecule has 1 atom stereocenters. The molecule has 1 aromatic carbocycles. The van der Waals surface area contributed by atoms with Crippen molar-refractivity contribution in [3.63, 3.8) is 0 Å². The van der Waals surface area contributed by atoms with Gasteiger partial charge in [0.15, 0.2) is 0 Å². The Morgan fingerprint density at radius 2 is 2.11 bits per heavy atom. The van der Waals surface area contributed by atoms with Gasteiger partial charge in [-0.15, -0.1) is 0 Å². The summed E-state index contributed by atoms with van der Waals surface area (Å²) in [6.07, 6.45) is 1.81. The lowest BCUT2D eigenvalue weighted by atomic mass is 10.2. The summed E-state index contributed by atoms with van der Waals surface area (Å²) in [5.74, 6) is 7.66. The van der Waals surface area contributed by atoms with Crippen molar-refractivity contribution >= 4 is 11.8 Å². The van der Waals surface area contributed by atoms with Gasteiger partial charge in [0.05, 0.1) is 17.4 Å². The smallest absolute Gasteiger partial charge is 0.0723 e. The van der Waals surface area contributed by atoms with Gasteiger partial charge in [-0.2, -0.15) is 16.9 Å². The summed E-state index contributed by atoms with van der Waals surface area (Å²) in [4.78, 5) is 0. The van der Waals surface area contributed by atoms with Crippen molar-refractivity contribution in [1.82, 2.24) is 15.2 Å². The first-order valence-electron chi connectivity index (χ1n) is 6.00. The summed E-state index contributed by atoms with van der Waals surface area (Å²) in [5, 5.41) is 4.38. The van der Waals surface area contributed by atoms with Gasteiger partial charge in [0.2, 0.25) is 0 Å². The van der Waals surface area contributed by atoms with Crippen molar-refractivity contribution in [3.05, 3.63) is 48.3 Å². The van der Waals surface area contributed by atoms with Crippen molar-refractivity contribution < 1.29 is 0 Å². The Kier molecular flexibility index (Phi) is 4.81. The lowest BCUT2D eigenvalue weighted by Gasteiger charge is -2.17. The molecule has 0 aliphatic rings. The minimum Gasteiger partial charge on any atom is -0.271 e. The quantitative estimate of drug-likeness (QED) is 0.618. The monoisotopic (exact) mass is 262 g/mol. The second-order valence-corrected chi connectivity index (χ2v) is 5.20. The normalized spacial score (nSPS) is 12.6. The first-order valence-corrected chi connectivity index (χ1v) is 7.15. The van der Waals surface area contributed by atoms with Crippen molar-refractivity contribution in [3.8, 4) is 5.69 Å². The van der Waals surface area contributed by atoms with E-state index in [1.165, 1.54) is 0 Å². The number of para-hydroxylation sites is 1. The molecule has 18 heavy (non-hydrogen) atoms. The maximum atomic E-state index is 5.65. The predicted molar refractivity (Wildman–Crippen MR) is 76.6 cm³/mol. The van der Waals surface area contributed by atoms with Gasteiger partial charge in [0.1, 0.15) is 0 Å². The van der Waals surface area contributed by atoms with Crippen molar-refractivity contribution in [1.29, 1.82) is 0 Å². The van der Waals surface area contributed by atoms with Crippen LogP contribution in [0.25, 0.3) is 5.69 Å². The van der Waals surface area contributed by atoms with Crippen LogP contribution in [0, 0.1) is 0 Å². The Labute approximate surface area is 112 Å². The molecule has 0 saturated heterocycles. The Morgan fingerprint density at radius 3 is 2.78 bits per heavy atom. The van der Waals surface area contributed by atoms with Crippen LogP contribution in [0.5, 0.6) is 0 Å². The molecular formula is C13H18N4S. The summed E-state index contributed by atoms with van der Waals surface area (Å²) in [6.45, 7) is 2.15. The van der Waals surface area contributed by atoms with Crippen LogP contribution in [0.1, 0.15) is 18.7 Å². The molecule has 1 aromatic heterocycles. The second kappa shape index (κ2) is 6.58. The Morgan fingerprint density at radius 1 is 1.33 bits per heavy atom. The molecule has 96 valence electrons. The fourth-order valence-corrected chi connectivity index (χ4v) is 2.56. The second-order valence-electron chi connectivity index (χ2n) is 3.88. The van der Waals surface area contributed by atoms with E-state index in [0.717, 1.165) is 22.9 Å². The maximum absolute atomic E-state index is 5.65. The predicted octanol–water partition coefficient (Wildman–Crippen LogP) is 2.13. The minimum atomic E-state index is 0.109. The van der Waals surface area contributed by atoms with Gasteiger partial charge in [0.25, 0.3) is 0 Å². The summed E-state index contributed by atoms with van der Waals surface area (Å²) in [5.41, 5.74) is 5.01. The zero-order chi connectivity index (χ0) is 12.8. The van der Waals surface area contributed by atoms with E-state index in [9.17, 15) is 0 Å². The zero-order valence-electron chi connectivity index (χ0n) is 10.4. The van der Waals surface area contributed by atoms with E-state index in [-0.39, 0.29) is 6.04 Å².